The van der Waals surface area contributed by atoms with E-state index >= 15 is 0 Å². The van der Waals surface area contributed by atoms with E-state index in [1.165, 1.54) is 70.6 Å². The topological polar surface area (TPSA) is 0 Å². The Bertz CT molecular complexity index is 196. The molecule has 1 aliphatic carbocycles. The summed E-state index contributed by atoms with van der Waals surface area (Å²) in [6.45, 7) is 2.28. The van der Waals surface area contributed by atoms with Crippen molar-refractivity contribution in [3.8, 4) is 0 Å². The van der Waals surface area contributed by atoms with Gasteiger partial charge in [-0.2, -0.15) is 0 Å². The van der Waals surface area contributed by atoms with Gasteiger partial charge in [-0.05, 0) is 25.7 Å². The van der Waals surface area contributed by atoms with Gasteiger partial charge in [0.1, 0.15) is 0 Å². The molecule has 0 amide bonds. The standard InChI is InChI=1S/C15H27Cl/c1-2-3-4-5-6-7-8-9-10-14-11-12-15(16)13-14/h13,15H,2-12H2,1H3. The summed E-state index contributed by atoms with van der Waals surface area (Å²) in [6, 6.07) is 0. The Kier molecular flexibility index (Phi) is 8.02. The molecule has 0 nitrogen and oxygen atoms in total. The van der Waals surface area contributed by atoms with Crippen molar-refractivity contribution in [2.45, 2.75) is 82.9 Å². The normalized spacial score (nSPS) is 20.1. The summed E-state index contributed by atoms with van der Waals surface area (Å²) in [6.07, 6.45) is 17.3. The largest absolute Gasteiger partial charge is 0.118 e. The van der Waals surface area contributed by atoms with Gasteiger partial charge in [0.05, 0.1) is 5.38 Å². The summed E-state index contributed by atoms with van der Waals surface area (Å²) >= 11 is 6.04. The highest BCUT2D eigenvalue weighted by Gasteiger charge is 2.11. The molecule has 0 aromatic heterocycles. The quantitative estimate of drug-likeness (QED) is 0.271. The van der Waals surface area contributed by atoms with Gasteiger partial charge in [-0.25, -0.2) is 0 Å². The molecular formula is C15H27Cl. The highest BCUT2D eigenvalue weighted by Crippen LogP contribution is 2.26. The van der Waals surface area contributed by atoms with Crippen LogP contribution >= 0.6 is 11.6 Å². The Morgan fingerprint density at radius 2 is 1.69 bits per heavy atom. The first-order valence-electron chi connectivity index (χ1n) is 7.16. The van der Waals surface area contributed by atoms with Gasteiger partial charge >= 0.3 is 0 Å². The van der Waals surface area contributed by atoms with Crippen LogP contribution in [0.15, 0.2) is 11.6 Å². The molecule has 0 aliphatic heterocycles. The van der Waals surface area contributed by atoms with E-state index in [2.05, 4.69) is 13.0 Å². The number of hydrogen-bond acceptors (Lipinski definition) is 0. The Morgan fingerprint density at radius 3 is 2.25 bits per heavy atom. The van der Waals surface area contributed by atoms with E-state index in [-0.39, 0.29) is 0 Å². The van der Waals surface area contributed by atoms with Crippen molar-refractivity contribution in [3.63, 3.8) is 0 Å². The Hall–Kier alpha value is 0.0300. The van der Waals surface area contributed by atoms with Crippen LogP contribution in [0.2, 0.25) is 0 Å². The monoisotopic (exact) mass is 242 g/mol. The van der Waals surface area contributed by atoms with E-state index < -0.39 is 0 Å². The lowest BCUT2D eigenvalue weighted by Gasteiger charge is -2.02. The van der Waals surface area contributed by atoms with Gasteiger partial charge < -0.3 is 0 Å². The molecule has 0 N–H and O–H groups in total. The number of allylic oxidation sites excluding steroid dienone is 2. The number of unbranched alkanes of at least 4 members (excludes halogenated alkanes) is 7. The highest BCUT2D eigenvalue weighted by molar-refractivity contribution is 6.22. The van der Waals surface area contributed by atoms with Gasteiger partial charge in [-0.3, -0.25) is 0 Å². The lowest BCUT2D eigenvalue weighted by Crippen LogP contribution is -1.83. The van der Waals surface area contributed by atoms with E-state index in [0.717, 1.165) is 0 Å². The van der Waals surface area contributed by atoms with Gasteiger partial charge in [-0.1, -0.05) is 63.5 Å². The van der Waals surface area contributed by atoms with Gasteiger partial charge in [0.2, 0.25) is 0 Å². The minimum Gasteiger partial charge on any atom is -0.118 e. The van der Waals surface area contributed by atoms with Crippen LogP contribution in [0.4, 0.5) is 0 Å². The first kappa shape index (κ1) is 14.1. The van der Waals surface area contributed by atoms with Crippen LogP contribution in [-0.4, -0.2) is 5.38 Å². The summed E-state index contributed by atoms with van der Waals surface area (Å²) in [5.41, 5.74) is 1.62. The third-order valence-corrected chi connectivity index (χ3v) is 3.85. The fourth-order valence-electron chi connectivity index (χ4n) is 2.44. The van der Waals surface area contributed by atoms with Crippen LogP contribution < -0.4 is 0 Å². The number of alkyl halides is 1. The first-order chi connectivity index (χ1) is 7.83. The predicted molar refractivity (Wildman–Crippen MR) is 74.2 cm³/mol. The molecule has 0 spiro atoms. The summed E-state index contributed by atoms with van der Waals surface area (Å²) in [5, 5.41) is 0.337. The van der Waals surface area contributed by atoms with Crippen molar-refractivity contribution in [1.82, 2.24) is 0 Å². The fraction of sp³-hybridized carbons (Fsp3) is 0.867. The van der Waals surface area contributed by atoms with Crippen molar-refractivity contribution in [1.29, 1.82) is 0 Å². The Labute approximate surface area is 106 Å². The van der Waals surface area contributed by atoms with Crippen LogP contribution in [0.1, 0.15) is 77.6 Å². The van der Waals surface area contributed by atoms with Gasteiger partial charge in [-0.15, -0.1) is 11.6 Å². The van der Waals surface area contributed by atoms with E-state index in [4.69, 9.17) is 11.6 Å². The van der Waals surface area contributed by atoms with Crippen LogP contribution in [0.5, 0.6) is 0 Å². The molecule has 0 aromatic carbocycles. The maximum absolute atomic E-state index is 6.04. The summed E-state index contributed by atoms with van der Waals surface area (Å²) in [5.74, 6) is 0. The van der Waals surface area contributed by atoms with E-state index in [0.29, 0.717) is 5.38 Å². The zero-order valence-electron chi connectivity index (χ0n) is 10.8. The molecule has 94 valence electrons. The van der Waals surface area contributed by atoms with Crippen molar-refractivity contribution in [2.24, 2.45) is 0 Å². The molecule has 1 unspecified atom stereocenters. The lowest BCUT2D eigenvalue weighted by atomic mass is 10.0. The molecule has 0 heterocycles. The summed E-state index contributed by atoms with van der Waals surface area (Å²) in [4.78, 5) is 0. The molecule has 0 bridgehead atoms. The molecule has 0 saturated heterocycles. The fourth-order valence-corrected chi connectivity index (χ4v) is 2.73. The predicted octanol–water partition coefficient (Wildman–Crippen LogP) is 5.84. The van der Waals surface area contributed by atoms with E-state index in [1.54, 1.807) is 5.57 Å². The summed E-state index contributed by atoms with van der Waals surface area (Å²) in [7, 11) is 0. The Balaban J connectivity index is 1.83. The van der Waals surface area contributed by atoms with Gasteiger partial charge in [0, 0.05) is 0 Å². The van der Waals surface area contributed by atoms with Crippen LogP contribution in [0.3, 0.4) is 0 Å². The van der Waals surface area contributed by atoms with Crippen molar-refractivity contribution >= 4 is 11.6 Å². The third kappa shape index (κ3) is 6.58. The van der Waals surface area contributed by atoms with Crippen molar-refractivity contribution in [2.75, 3.05) is 0 Å². The van der Waals surface area contributed by atoms with E-state index in [9.17, 15) is 0 Å². The second-order valence-corrected chi connectivity index (χ2v) is 5.67. The van der Waals surface area contributed by atoms with Gasteiger partial charge in [0.25, 0.3) is 0 Å². The van der Waals surface area contributed by atoms with Crippen LogP contribution in [0, 0.1) is 0 Å². The Morgan fingerprint density at radius 1 is 1.06 bits per heavy atom. The molecular weight excluding hydrogens is 216 g/mol. The third-order valence-electron chi connectivity index (χ3n) is 3.51. The van der Waals surface area contributed by atoms with Crippen LogP contribution in [0.25, 0.3) is 0 Å². The minimum atomic E-state index is 0.337. The molecule has 1 atom stereocenters. The van der Waals surface area contributed by atoms with Gasteiger partial charge in [0.15, 0.2) is 0 Å². The van der Waals surface area contributed by atoms with Crippen LogP contribution in [-0.2, 0) is 0 Å². The minimum absolute atomic E-state index is 0.337. The molecule has 16 heavy (non-hydrogen) atoms. The average Bonchev–Trinajstić information content (AvgIpc) is 2.68. The summed E-state index contributed by atoms with van der Waals surface area (Å²) < 4.78 is 0. The highest BCUT2D eigenvalue weighted by atomic mass is 35.5. The average molecular weight is 243 g/mol. The first-order valence-corrected chi connectivity index (χ1v) is 7.60. The van der Waals surface area contributed by atoms with E-state index in [1.807, 2.05) is 0 Å². The van der Waals surface area contributed by atoms with Crippen molar-refractivity contribution in [3.05, 3.63) is 11.6 Å². The molecule has 1 heteroatoms. The molecule has 0 saturated carbocycles. The maximum Gasteiger partial charge on any atom is 0.0521 e. The number of rotatable bonds is 9. The smallest absolute Gasteiger partial charge is 0.0521 e. The lowest BCUT2D eigenvalue weighted by molar-refractivity contribution is 0.573. The zero-order chi connectivity index (χ0) is 11.6. The number of halogens is 1. The molecule has 1 rings (SSSR count). The maximum atomic E-state index is 6.04. The molecule has 1 aliphatic rings. The molecule has 0 radical (unpaired) electrons. The number of hydrogen-bond donors (Lipinski definition) is 0. The molecule has 0 fully saturated rings. The van der Waals surface area contributed by atoms with Crippen molar-refractivity contribution < 1.29 is 0 Å². The zero-order valence-corrected chi connectivity index (χ0v) is 11.6. The second-order valence-electron chi connectivity index (χ2n) is 5.10. The SMILES string of the molecule is CCCCCCCCCCC1=CC(Cl)CC1. The second kappa shape index (κ2) is 9.10. The molecule has 0 aromatic rings.